The van der Waals surface area contributed by atoms with Crippen molar-refractivity contribution in [1.29, 1.82) is 0 Å². The van der Waals surface area contributed by atoms with Gasteiger partial charge in [-0.15, -0.1) is 0 Å². The molecule has 2 N–H and O–H groups in total. The number of fused-ring (bicyclic) bond motifs is 2. The summed E-state index contributed by atoms with van der Waals surface area (Å²) in [6.07, 6.45) is 7.36. The molecule has 0 spiro atoms. The van der Waals surface area contributed by atoms with Gasteiger partial charge < -0.3 is 5.73 Å². The molecule has 58 valence electrons. The molecule has 2 fully saturated rings. The van der Waals surface area contributed by atoms with Crippen LogP contribution in [0.5, 0.6) is 0 Å². The van der Waals surface area contributed by atoms with E-state index >= 15 is 0 Å². The highest BCUT2D eigenvalue weighted by Crippen LogP contribution is 2.49. The van der Waals surface area contributed by atoms with Crippen LogP contribution >= 0.6 is 0 Å². The van der Waals surface area contributed by atoms with E-state index in [1.54, 1.807) is 0 Å². The van der Waals surface area contributed by atoms with Crippen molar-refractivity contribution in [3.05, 3.63) is 0 Å². The number of hydrogen-bond acceptors (Lipinski definition) is 1. The van der Waals surface area contributed by atoms with Crippen LogP contribution in [0.4, 0.5) is 0 Å². The Bertz CT molecular complexity index is 122. The lowest BCUT2D eigenvalue weighted by Gasteiger charge is -2.20. The molecule has 2 saturated carbocycles. The topological polar surface area (TPSA) is 26.0 Å². The summed E-state index contributed by atoms with van der Waals surface area (Å²) in [7, 11) is 0. The molecule has 0 aromatic carbocycles. The number of hydrogen-bond donors (Lipinski definition) is 1. The maximum Gasteiger partial charge on any atom is -0.00745 e. The Labute approximate surface area is 63.0 Å². The summed E-state index contributed by atoms with van der Waals surface area (Å²) in [6.45, 7) is 0.911. The maximum absolute atomic E-state index is 5.54. The van der Waals surface area contributed by atoms with Crippen LogP contribution in [0.15, 0.2) is 0 Å². The first-order chi connectivity index (χ1) is 4.90. The quantitative estimate of drug-likeness (QED) is 0.620. The number of nitrogens with two attached hydrogens (primary N) is 1. The SMILES string of the molecule is NCC[C@@H]1C[C@@H]2CC[C@H]1C2. The van der Waals surface area contributed by atoms with E-state index in [1.807, 2.05) is 0 Å². The molecule has 2 aliphatic carbocycles. The first-order valence-electron chi connectivity index (χ1n) is 4.60. The minimum atomic E-state index is 0.911. The molecule has 2 aliphatic rings. The van der Waals surface area contributed by atoms with Crippen molar-refractivity contribution in [2.24, 2.45) is 23.5 Å². The molecule has 0 unspecified atom stereocenters. The van der Waals surface area contributed by atoms with Crippen LogP contribution in [0.1, 0.15) is 32.1 Å². The zero-order valence-corrected chi connectivity index (χ0v) is 6.55. The summed E-state index contributed by atoms with van der Waals surface area (Å²) in [6, 6.07) is 0. The molecular formula is C9H17N. The molecular weight excluding hydrogens is 122 g/mol. The van der Waals surface area contributed by atoms with E-state index in [0.717, 1.165) is 24.3 Å². The van der Waals surface area contributed by atoms with Crippen molar-refractivity contribution >= 4 is 0 Å². The lowest BCUT2D eigenvalue weighted by atomic mass is 9.86. The fraction of sp³-hybridized carbons (Fsp3) is 1.00. The standard InChI is InChI=1S/C9H17N/c10-4-3-9-6-7-1-2-8(9)5-7/h7-9H,1-6,10H2/t7-,8+,9-/m1/s1. The molecule has 0 radical (unpaired) electrons. The zero-order chi connectivity index (χ0) is 6.97. The highest BCUT2D eigenvalue weighted by molar-refractivity contribution is 4.89. The van der Waals surface area contributed by atoms with Crippen LogP contribution in [-0.4, -0.2) is 6.54 Å². The van der Waals surface area contributed by atoms with Gasteiger partial charge in [-0.1, -0.05) is 6.42 Å². The Morgan fingerprint density at radius 1 is 1.20 bits per heavy atom. The van der Waals surface area contributed by atoms with Gasteiger partial charge in [-0.05, 0) is 50.0 Å². The Hall–Kier alpha value is -0.0400. The molecule has 3 atom stereocenters. The van der Waals surface area contributed by atoms with Gasteiger partial charge in [-0.3, -0.25) is 0 Å². The smallest absolute Gasteiger partial charge is 0.00745 e. The van der Waals surface area contributed by atoms with Crippen LogP contribution in [0.2, 0.25) is 0 Å². The van der Waals surface area contributed by atoms with Gasteiger partial charge in [0, 0.05) is 0 Å². The van der Waals surface area contributed by atoms with Crippen molar-refractivity contribution in [2.45, 2.75) is 32.1 Å². The zero-order valence-electron chi connectivity index (χ0n) is 6.55. The second kappa shape index (κ2) is 2.54. The van der Waals surface area contributed by atoms with E-state index in [0.29, 0.717) is 0 Å². The van der Waals surface area contributed by atoms with Gasteiger partial charge in [0.1, 0.15) is 0 Å². The van der Waals surface area contributed by atoms with Gasteiger partial charge in [0.15, 0.2) is 0 Å². The third-order valence-corrected chi connectivity index (χ3v) is 3.42. The molecule has 10 heavy (non-hydrogen) atoms. The number of rotatable bonds is 2. The summed E-state index contributed by atoms with van der Waals surface area (Å²) >= 11 is 0. The minimum Gasteiger partial charge on any atom is -0.330 e. The summed E-state index contributed by atoms with van der Waals surface area (Å²) in [4.78, 5) is 0. The Morgan fingerprint density at radius 3 is 2.60 bits per heavy atom. The monoisotopic (exact) mass is 139 g/mol. The lowest BCUT2D eigenvalue weighted by Crippen LogP contribution is -2.14. The van der Waals surface area contributed by atoms with E-state index in [4.69, 9.17) is 5.73 Å². The predicted molar refractivity (Wildman–Crippen MR) is 42.6 cm³/mol. The van der Waals surface area contributed by atoms with Gasteiger partial charge >= 0.3 is 0 Å². The van der Waals surface area contributed by atoms with Crippen molar-refractivity contribution in [3.8, 4) is 0 Å². The average Bonchev–Trinajstić information content (AvgIpc) is 2.48. The van der Waals surface area contributed by atoms with Crippen LogP contribution < -0.4 is 5.73 Å². The average molecular weight is 139 g/mol. The van der Waals surface area contributed by atoms with Gasteiger partial charge in [0.05, 0.1) is 0 Å². The molecule has 0 amide bonds. The molecule has 2 bridgehead atoms. The van der Waals surface area contributed by atoms with Gasteiger partial charge in [0.2, 0.25) is 0 Å². The van der Waals surface area contributed by atoms with Crippen LogP contribution in [0.25, 0.3) is 0 Å². The van der Waals surface area contributed by atoms with Crippen molar-refractivity contribution in [2.75, 3.05) is 6.54 Å². The highest BCUT2D eigenvalue weighted by atomic mass is 14.5. The predicted octanol–water partition coefficient (Wildman–Crippen LogP) is 1.77. The summed E-state index contributed by atoms with van der Waals surface area (Å²) in [5.74, 6) is 3.19. The fourth-order valence-corrected chi connectivity index (χ4v) is 2.94. The Morgan fingerprint density at radius 2 is 2.10 bits per heavy atom. The largest absolute Gasteiger partial charge is 0.330 e. The van der Waals surface area contributed by atoms with Gasteiger partial charge in [0.25, 0.3) is 0 Å². The van der Waals surface area contributed by atoms with E-state index in [-0.39, 0.29) is 0 Å². The van der Waals surface area contributed by atoms with E-state index < -0.39 is 0 Å². The third kappa shape index (κ3) is 0.968. The van der Waals surface area contributed by atoms with Crippen molar-refractivity contribution in [1.82, 2.24) is 0 Å². The van der Waals surface area contributed by atoms with E-state index in [2.05, 4.69) is 0 Å². The third-order valence-electron chi connectivity index (χ3n) is 3.42. The van der Waals surface area contributed by atoms with E-state index in [1.165, 1.54) is 32.1 Å². The van der Waals surface area contributed by atoms with E-state index in [9.17, 15) is 0 Å². The van der Waals surface area contributed by atoms with Gasteiger partial charge in [-0.2, -0.15) is 0 Å². The van der Waals surface area contributed by atoms with Crippen LogP contribution in [0, 0.1) is 17.8 Å². The van der Waals surface area contributed by atoms with Crippen molar-refractivity contribution < 1.29 is 0 Å². The second-order valence-corrected chi connectivity index (χ2v) is 4.01. The molecule has 0 aromatic heterocycles. The molecule has 0 heterocycles. The molecule has 2 rings (SSSR count). The highest BCUT2D eigenvalue weighted by Gasteiger charge is 2.38. The Balaban J connectivity index is 1.90. The van der Waals surface area contributed by atoms with Crippen LogP contribution in [-0.2, 0) is 0 Å². The molecule has 0 aliphatic heterocycles. The normalized spacial score (nSPS) is 44.7. The van der Waals surface area contributed by atoms with Crippen molar-refractivity contribution in [3.63, 3.8) is 0 Å². The molecule has 1 heteroatoms. The van der Waals surface area contributed by atoms with Crippen LogP contribution in [0.3, 0.4) is 0 Å². The van der Waals surface area contributed by atoms with Gasteiger partial charge in [-0.25, -0.2) is 0 Å². The summed E-state index contributed by atoms with van der Waals surface area (Å²) in [5, 5.41) is 0. The molecule has 0 aromatic rings. The lowest BCUT2D eigenvalue weighted by molar-refractivity contribution is 0.318. The first kappa shape index (κ1) is 6.66. The summed E-state index contributed by atoms with van der Waals surface area (Å²) < 4.78 is 0. The first-order valence-corrected chi connectivity index (χ1v) is 4.60. The Kier molecular flexibility index (Phi) is 1.69. The second-order valence-electron chi connectivity index (χ2n) is 4.01. The maximum atomic E-state index is 5.54. The minimum absolute atomic E-state index is 0.911. The molecule has 1 nitrogen and oxygen atoms in total. The fourth-order valence-electron chi connectivity index (χ4n) is 2.94. The summed E-state index contributed by atoms with van der Waals surface area (Å²) in [5.41, 5.74) is 5.54. The molecule has 0 saturated heterocycles.